The zero-order chi connectivity index (χ0) is 12.3. The summed E-state index contributed by atoms with van der Waals surface area (Å²) in [6.45, 7) is 3.71. The maximum absolute atomic E-state index is 9.80. The van der Waals surface area contributed by atoms with Crippen LogP contribution in [0, 0.1) is 0 Å². The molecule has 1 atom stereocenters. The average molecular weight is 227 g/mol. The molecular weight excluding hydrogens is 210 g/mol. The highest BCUT2D eigenvalue weighted by molar-refractivity contribution is 5.91. The number of phenols is 1. The van der Waals surface area contributed by atoms with Crippen LogP contribution in [-0.4, -0.2) is 5.11 Å². The zero-order valence-corrected chi connectivity index (χ0v) is 9.76. The van der Waals surface area contributed by atoms with Gasteiger partial charge in [0.15, 0.2) is 0 Å². The van der Waals surface area contributed by atoms with Gasteiger partial charge in [-0.1, -0.05) is 36.4 Å². The number of phenolic OH excluding ortho intramolecular Hbond substituents is 1. The average Bonchev–Trinajstić information content (AvgIpc) is 2.37. The molecule has 2 heteroatoms. The summed E-state index contributed by atoms with van der Waals surface area (Å²) in [5.41, 5.74) is 7.25. The third-order valence-corrected chi connectivity index (χ3v) is 3.02. The summed E-state index contributed by atoms with van der Waals surface area (Å²) in [5.74, 6) is 0.306. The van der Waals surface area contributed by atoms with Crippen molar-refractivity contribution in [2.45, 2.75) is 18.9 Å². The normalized spacial score (nSPS) is 12.5. The highest BCUT2D eigenvalue weighted by atomic mass is 16.3. The van der Waals surface area contributed by atoms with E-state index in [0.29, 0.717) is 5.75 Å². The van der Waals surface area contributed by atoms with Crippen molar-refractivity contribution < 1.29 is 5.11 Å². The lowest BCUT2D eigenvalue weighted by atomic mass is 9.96. The van der Waals surface area contributed by atoms with Crippen LogP contribution >= 0.6 is 0 Å². The molecule has 0 aliphatic carbocycles. The summed E-state index contributed by atoms with van der Waals surface area (Å²) in [6, 6.07) is 11.4. The van der Waals surface area contributed by atoms with E-state index in [-0.39, 0.29) is 6.04 Å². The van der Waals surface area contributed by atoms with Crippen LogP contribution in [0.2, 0.25) is 0 Å². The summed E-state index contributed by atoms with van der Waals surface area (Å²) in [4.78, 5) is 0. The summed E-state index contributed by atoms with van der Waals surface area (Å²) in [5, 5.41) is 11.7. The van der Waals surface area contributed by atoms with E-state index in [1.807, 2.05) is 36.4 Å². The monoisotopic (exact) mass is 227 g/mol. The molecular formula is C15H17NO. The lowest BCUT2D eigenvalue weighted by Crippen LogP contribution is -2.10. The molecule has 0 fully saturated rings. The quantitative estimate of drug-likeness (QED) is 0.785. The van der Waals surface area contributed by atoms with Gasteiger partial charge in [0.1, 0.15) is 5.75 Å². The van der Waals surface area contributed by atoms with Crippen LogP contribution in [-0.2, 0) is 0 Å². The van der Waals surface area contributed by atoms with Gasteiger partial charge in [-0.3, -0.25) is 0 Å². The van der Waals surface area contributed by atoms with E-state index >= 15 is 0 Å². The highest BCUT2D eigenvalue weighted by Crippen LogP contribution is 2.31. The Morgan fingerprint density at radius 1 is 1.18 bits per heavy atom. The first-order valence-electron chi connectivity index (χ1n) is 5.81. The predicted octanol–water partition coefficient (Wildman–Crippen LogP) is 3.51. The number of hydrogen-bond donors (Lipinski definition) is 2. The molecule has 3 N–H and O–H groups in total. The smallest absolute Gasteiger partial charge is 0.123 e. The van der Waals surface area contributed by atoms with E-state index in [1.165, 1.54) is 0 Å². The van der Waals surface area contributed by atoms with Gasteiger partial charge in [-0.15, -0.1) is 6.58 Å². The fraction of sp³-hybridized carbons (Fsp3) is 0.200. The number of aromatic hydroxyl groups is 1. The van der Waals surface area contributed by atoms with Crippen LogP contribution in [0.5, 0.6) is 5.75 Å². The molecule has 0 bridgehead atoms. The summed E-state index contributed by atoms with van der Waals surface area (Å²) >= 11 is 0. The molecule has 2 rings (SSSR count). The second-order valence-electron chi connectivity index (χ2n) is 4.19. The zero-order valence-electron chi connectivity index (χ0n) is 9.76. The highest BCUT2D eigenvalue weighted by Gasteiger charge is 2.10. The molecule has 0 aromatic heterocycles. The number of rotatable bonds is 4. The van der Waals surface area contributed by atoms with Crippen molar-refractivity contribution in [3.8, 4) is 5.75 Å². The molecule has 0 aliphatic heterocycles. The van der Waals surface area contributed by atoms with Crippen molar-refractivity contribution in [3.05, 3.63) is 54.6 Å². The molecule has 2 aromatic rings. The maximum atomic E-state index is 9.80. The van der Waals surface area contributed by atoms with Gasteiger partial charge in [0, 0.05) is 11.4 Å². The van der Waals surface area contributed by atoms with E-state index in [4.69, 9.17) is 5.73 Å². The summed E-state index contributed by atoms with van der Waals surface area (Å²) < 4.78 is 0. The van der Waals surface area contributed by atoms with Gasteiger partial charge in [0.05, 0.1) is 0 Å². The first-order chi connectivity index (χ1) is 8.24. The number of allylic oxidation sites excluding steroid dienone is 1. The van der Waals surface area contributed by atoms with Crippen LogP contribution in [0.15, 0.2) is 49.1 Å². The first-order valence-corrected chi connectivity index (χ1v) is 5.81. The van der Waals surface area contributed by atoms with Gasteiger partial charge in [-0.05, 0) is 29.9 Å². The molecule has 0 amide bonds. The van der Waals surface area contributed by atoms with Crippen molar-refractivity contribution in [3.63, 3.8) is 0 Å². The summed E-state index contributed by atoms with van der Waals surface area (Å²) in [7, 11) is 0. The molecule has 0 heterocycles. The van der Waals surface area contributed by atoms with E-state index in [0.717, 1.165) is 29.2 Å². The van der Waals surface area contributed by atoms with E-state index in [1.54, 1.807) is 6.07 Å². The lowest BCUT2D eigenvalue weighted by Gasteiger charge is -2.14. The van der Waals surface area contributed by atoms with Gasteiger partial charge >= 0.3 is 0 Å². The maximum Gasteiger partial charge on any atom is 0.123 e. The van der Waals surface area contributed by atoms with Gasteiger partial charge in [0.25, 0.3) is 0 Å². The van der Waals surface area contributed by atoms with Crippen molar-refractivity contribution in [1.82, 2.24) is 0 Å². The fourth-order valence-corrected chi connectivity index (χ4v) is 2.08. The predicted molar refractivity (Wildman–Crippen MR) is 72.0 cm³/mol. The third kappa shape index (κ3) is 2.32. The largest absolute Gasteiger partial charge is 0.507 e. The minimum atomic E-state index is -0.0153. The Kier molecular flexibility index (Phi) is 3.45. The van der Waals surface area contributed by atoms with Gasteiger partial charge in [-0.2, -0.15) is 0 Å². The SMILES string of the molecule is C=CCC[C@@H](N)c1ccc(O)c2ccccc12. The van der Waals surface area contributed by atoms with Gasteiger partial charge in [-0.25, -0.2) is 0 Å². The fourth-order valence-electron chi connectivity index (χ4n) is 2.08. The Bertz CT molecular complexity index is 533. The number of fused-ring (bicyclic) bond motifs is 1. The molecule has 0 unspecified atom stereocenters. The topological polar surface area (TPSA) is 46.2 Å². The van der Waals surface area contributed by atoms with Crippen LogP contribution in [0.25, 0.3) is 10.8 Å². The van der Waals surface area contributed by atoms with Crippen molar-refractivity contribution in [1.29, 1.82) is 0 Å². The third-order valence-electron chi connectivity index (χ3n) is 3.02. The Morgan fingerprint density at radius 3 is 2.59 bits per heavy atom. The molecule has 0 saturated heterocycles. The molecule has 0 aliphatic rings. The summed E-state index contributed by atoms with van der Waals surface area (Å²) in [6.07, 6.45) is 3.65. The molecule has 88 valence electrons. The standard InChI is InChI=1S/C15H17NO/c1-2-3-8-14(16)12-9-10-15(17)13-7-5-4-6-11(12)13/h2,4-7,9-10,14,17H,1,3,8,16H2/t14-/m1/s1. The molecule has 17 heavy (non-hydrogen) atoms. The molecule has 2 aromatic carbocycles. The Morgan fingerprint density at radius 2 is 1.88 bits per heavy atom. The van der Waals surface area contributed by atoms with Crippen molar-refractivity contribution in [2.75, 3.05) is 0 Å². The Hall–Kier alpha value is -1.80. The van der Waals surface area contributed by atoms with Crippen LogP contribution in [0.3, 0.4) is 0 Å². The van der Waals surface area contributed by atoms with Crippen LogP contribution < -0.4 is 5.73 Å². The second-order valence-corrected chi connectivity index (χ2v) is 4.19. The van der Waals surface area contributed by atoms with E-state index in [2.05, 4.69) is 6.58 Å². The van der Waals surface area contributed by atoms with Crippen molar-refractivity contribution in [2.24, 2.45) is 5.73 Å². The minimum absolute atomic E-state index is 0.0153. The second kappa shape index (κ2) is 5.02. The van der Waals surface area contributed by atoms with Crippen molar-refractivity contribution >= 4 is 10.8 Å². The van der Waals surface area contributed by atoms with Gasteiger partial charge < -0.3 is 10.8 Å². The van der Waals surface area contributed by atoms with Crippen LogP contribution in [0.1, 0.15) is 24.4 Å². The number of nitrogens with two attached hydrogens (primary N) is 1. The lowest BCUT2D eigenvalue weighted by molar-refractivity contribution is 0.481. The molecule has 0 radical (unpaired) electrons. The first kappa shape index (κ1) is 11.7. The molecule has 2 nitrogen and oxygen atoms in total. The molecule has 0 spiro atoms. The molecule has 0 saturated carbocycles. The van der Waals surface area contributed by atoms with E-state index in [9.17, 15) is 5.11 Å². The number of benzene rings is 2. The van der Waals surface area contributed by atoms with E-state index < -0.39 is 0 Å². The Balaban J connectivity index is 2.47. The van der Waals surface area contributed by atoms with Gasteiger partial charge in [0.2, 0.25) is 0 Å². The van der Waals surface area contributed by atoms with Crippen LogP contribution in [0.4, 0.5) is 0 Å². The Labute approximate surface area is 101 Å². The number of hydrogen-bond acceptors (Lipinski definition) is 2. The minimum Gasteiger partial charge on any atom is -0.507 e.